The van der Waals surface area contributed by atoms with Crippen molar-refractivity contribution in [2.75, 3.05) is 13.7 Å². The Balaban J connectivity index is 1.54. The minimum Gasteiger partial charge on any atom is -0.494 e. The van der Waals surface area contributed by atoms with Crippen LogP contribution in [0.2, 0.25) is 0 Å². The van der Waals surface area contributed by atoms with E-state index in [2.05, 4.69) is 15.0 Å². The number of hydrogen-bond acceptors (Lipinski definition) is 4. The third kappa shape index (κ3) is 2.94. The van der Waals surface area contributed by atoms with Gasteiger partial charge < -0.3 is 14.6 Å². The molecule has 132 valence electrons. The van der Waals surface area contributed by atoms with Crippen molar-refractivity contribution in [3.8, 4) is 16.9 Å². The van der Waals surface area contributed by atoms with Crippen LogP contribution in [0, 0.1) is 6.92 Å². The maximum atomic E-state index is 12.8. The lowest BCUT2D eigenvalue weighted by molar-refractivity contribution is 0.0732. The Bertz CT molecular complexity index is 947. The maximum Gasteiger partial charge on any atom is 0.254 e. The highest BCUT2D eigenvalue weighted by Gasteiger charge is 2.24. The van der Waals surface area contributed by atoms with Crippen LogP contribution in [0.25, 0.3) is 11.1 Å². The first-order chi connectivity index (χ1) is 12.7. The number of imidazole rings is 1. The van der Waals surface area contributed by atoms with Gasteiger partial charge in [-0.15, -0.1) is 0 Å². The van der Waals surface area contributed by atoms with Crippen molar-refractivity contribution in [1.82, 2.24) is 19.9 Å². The summed E-state index contributed by atoms with van der Waals surface area (Å²) in [6.45, 7) is 3.21. The number of carbonyl (C=O) groups excluding carboxylic acids is 1. The van der Waals surface area contributed by atoms with Gasteiger partial charge in [0.15, 0.2) is 0 Å². The molecule has 0 saturated carbocycles. The highest BCUT2D eigenvalue weighted by molar-refractivity contribution is 5.95. The van der Waals surface area contributed by atoms with E-state index in [1.807, 2.05) is 42.2 Å². The normalized spacial score (nSPS) is 13.4. The molecule has 0 bridgehead atoms. The van der Waals surface area contributed by atoms with Gasteiger partial charge in [0.2, 0.25) is 0 Å². The predicted octanol–water partition coefficient (Wildman–Crippen LogP) is 2.99. The lowest BCUT2D eigenvalue weighted by atomic mass is 10.0. The van der Waals surface area contributed by atoms with Crippen LogP contribution in [0.5, 0.6) is 5.75 Å². The highest BCUT2D eigenvalue weighted by atomic mass is 16.5. The number of carbonyl (C=O) groups is 1. The molecule has 0 spiro atoms. The third-order valence-electron chi connectivity index (χ3n) is 4.68. The summed E-state index contributed by atoms with van der Waals surface area (Å²) in [7, 11) is 1.63. The molecule has 0 radical (unpaired) electrons. The second kappa shape index (κ2) is 6.63. The van der Waals surface area contributed by atoms with Gasteiger partial charge in [0.05, 0.1) is 31.2 Å². The molecule has 0 fully saturated rings. The summed E-state index contributed by atoms with van der Waals surface area (Å²) in [5, 5.41) is 0. The molecular weight excluding hydrogens is 328 g/mol. The zero-order chi connectivity index (χ0) is 18.1. The first-order valence-electron chi connectivity index (χ1n) is 8.58. The number of amides is 1. The lowest BCUT2D eigenvalue weighted by Gasteiger charge is -2.26. The van der Waals surface area contributed by atoms with Gasteiger partial charge in [-0.3, -0.25) is 9.78 Å². The van der Waals surface area contributed by atoms with Gasteiger partial charge in [-0.1, -0.05) is 12.1 Å². The van der Waals surface area contributed by atoms with Crippen LogP contribution in [0.3, 0.4) is 0 Å². The van der Waals surface area contributed by atoms with Gasteiger partial charge >= 0.3 is 0 Å². The molecule has 1 amide bonds. The zero-order valence-electron chi connectivity index (χ0n) is 14.8. The summed E-state index contributed by atoms with van der Waals surface area (Å²) in [6.07, 6.45) is 4.21. The molecule has 3 heterocycles. The minimum absolute atomic E-state index is 0.0381. The molecule has 0 saturated heterocycles. The van der Waals surface area contributed by atoms with Gasteiger partial charge in [-0.2, -0.15) is 0 Å². The van der Waals surface area contributed by atoms with Crippen LogP contribution in [0.15, 0.2) is 42.7 Å². The summed E-state index contributed by atoms with van der Waals surface area (Å²) in [4.78, 5) is 26.5. The summed E-state index contributed by atoms with van der Waals surface area (Å²) in [5.74, 6) is 1.65. The number of hydrogen-bond donors (Lipinski definition) is 1. The SMILES string of the molecule is COc1cnccc1-c1ccc(C(=O)N2CCc3nc(C)[nH]c3C2)cc1. The number of aryl methyl sites for hydroxylation is 1. The molecule has 1 aromatic carbocycles. The van der Waals surface area contributed by atoms with Crippen LogP contribution < -0.4 is 4.74 Å². The molecule has 6 nitrogen and oxygen atoms in total. The van der Waals surface area contributed by atoms with E-state index >= 15 is 0 Å². The van der Waals surface area contributed by atoms with Crippen LogP contribution in [0.1, 0.15) is 27.6 Å². The fourth-order valence-corrected chi connectivity index (χ4v) is 3.37. The molecule has 26 heavy (non-hydrogen) atoms. The Hall–Kier alpha value is -3.15. The quantitative estimate of drug-likeness (QED) is 0.790. The van der Waals surface area contributed by atoms with Crippen molar-refractivity contribution < 1.29 is 9.53 Å². The number of H-pyrrole nitrogens is 1. The number of benzene rings is 1. The smallest absolute Gasteiger partial charge is 0.254 e. The fourth-order valence-electron chi connectivity index (χ4n) is 3.37. The largest absolute Gasteiger partial charge is 0.494 e. The van der Waals surface area contributed by atoms with Gasteiger partial charge in [-0.05, 0) is 30.7 Å². The molecule has 1 aliphatic rings. The van der Waals surface area contributed by atoms with Crippen LogP contribution >= 0.6 is 0 Å². The second-order valence-electron chi connectivity index (χ2n) is 6.38. The molecule has 1 aliphatic heterocycles. The monoisotopic (exact) mass is 348 g/mol. The van der Waals surface area contributed by atoms with Crippen LogP contribution in [-0.4, -0.2) is 39.4 Å². The molecule has 0 atom stereocenters. The van der Waals surface area contributed by atoms with E-state index in [1.165, 1.54) is 0 Å². The molecule has 3 aromatic rings. The number of nitrogens with one attached hydrogen (secondary N) is 1. The maximum absolute atomic E-state index is 12.8. The lowest BCUT2D eigenvalue weighted by Crippen LogP contribution is -2.36. The Labute approximate surface area is 151 Å². The predicted molar refractivity (Wildman–Crippen MR) is 98.0 cm³/mol. The van der Waals surface area contributed by atoms with E-state index in [9.17, 15) is 4.79 Å². The first-order valence-corrected chi connectivity index (χ1v) is 8.58. The number of rotatable bonds is 3. The Morgan fingerprint density at radius 3 is 2.81 bits per heavy atom. The molecule has 1 N–H and O–H groups in total. The highest BCUT2D eigenvalue weighted by Crippen LogP contribution is 2.29. The number of pyridine rings is 1. The zero-order valence-corrected chi connectivity index (χ0v) is 14.8. The van der Waals surface area contributed by atoms with E-state index in [-0.39, 0.29) is 5.91 Å². The van der Waals surface area contributed by atoms with Crippen LogP contribution in [0.4, 0.5) is 0 Å². The molecule has 0 aliphatic carbocycles. The van der Waals surface area contributed by atoms with E-state index in [0.29, 0.717) is 24.4 Å². The Morgan fingerprint density at radius 1 is 1.23 bits per heavy atom. The molecular formula is C20H20N4O2. The number of aromatic nitrogens is 3. The van der Waals surface area contributed by atoms with Gasteiger partial charge in [0, 0.05) is 30.3 Å². The number of nitrogens with zero attached hydrogens (tertiary/aromatic N) is 3. The topological polar surface area (TPSA) is 71.1 Å². The molecule has 2 aromatic heterocycles. The van der Waals surface area contributed by atoms with E-state index in [4.69, 9.17) is 4.74 Å². The first kappa shape index (κ1) is 16.3. The fraction of sp³-hybridized carbons (Fsp3) is 0.250. The molecule has 4 rings (SSSR count). The summed E-state index contributed by atoms with van der Waals surface area (Å²) < 4.78 is 5.36. The van der Waals surface area contributed by atoms with E-state index < -0.39 is 0 Å². The number of aromatic amines is 1. The van der Waals surface area contributed by atoms with Crippen molar-refractivity contribution in [1.29, 1.82) is 0 Å². The van der Waals surface area contributed by atoms with Gasteiger partial charge in [0.25, 0.3) is 5.91 Å². The van der Waals surface area contributed by atoms with Crippen molar-refractivity contribution >= 4 is 5.91 Å². The van der Waals surface area contributed by atoms with E-state index in [1.54, 1.807) is 19.5 Å². The summed E-state index contributed by atoms with van der Waals surface area (Å²) in [6, 6.07) is 9.53. The average Bonchev–Trinajstić information content (AvgIpc) is 3.06. The average molecular weight is 348 g/mol. The third-order valence-corrected chi connectivity index (χ3v) is 4.68. The van der Waals surface area contributed by atoms with Crippen LogP contribution in [-0.2, 0) is 13.0 Å². The second-order valence-corrected chi connectivity index (χ2v) is 6.38. The standard InChI is InChI=1S/C20H20N4O2/c1-13-22-17-8-10-24(12-18(17)23-13)20(25)15-5-3-14(4-6-15)16-7-9-21-11-19(16)26-2/h3-7,9,11H,8,10,12H2,1-2H3,(H,22,23). The van der Waals surface area contributed by atoms with Crippen molar-refractivity contribution in [3.05, 3.63) is 65.5 Å². The van der Waals surface area contributed by atoms with Crippen molar-refractivity contribution in [2.24, 2.45) is 0 Å². The number of ether oxygens (including phenoxy) is 1. The van der Waals surface area contributed by atoms with Gasteiger partial charge in [0.1, 0.15) is 11.6 Å². The Morgan fingerprint density at radius 2 is 2.04 bits per heavy atom. The minimum atomic E-state index is 0.0381. The summed E-state index contributed by atoms with van der Waals surface area (Å²) in [5.41, 5.74) is 4.75. The Kier molecular flexibility index (Phi) is 4.16. The van der Waals surface area contributed by atoms with E-state index in [0.717, 1.165) is 34.8 Å². The molecule has 6 heteroatoms. The summed E-state index contributed by atoms with van der Waals surface area (Å²) >= 11 is 0. The molecule has 0 unspecified atom stereocenters. The van der Waals surface area contributed by atoms with Crippen molar-refractivity contribution in [2.45, 2.75) is 19.9 Å². The van der Waals surface area contributed by atoms with Crippen molar-refractivity contribution in [3.63, 3.8) is 0 Å². The van der Waals surface area contributed by atoms with Gasteiger partial charge in [-0.25, -0.2) is 4.98 Å². The number of methoxy groups -OCH3 is 1. The number of fused-ring (bicyclic) bond motifs is 1.